The highest BCUT2D eigenvalue weighted by atomic mass is 32.1. The average Bonchev–Trinajstić information content (AvgIpc) is 3.16. The molecule has 4 rings (SSSR count). The molecule has 4 nitrogen and oxygen atoms in total. The molecule has 2 aromatic rings. The second-order valence-electron chi connectivity index (χ2n) is 5.13. The van der Waals surface area contributed by atoms with Gasteiger partial charge in [0.2, 0.25) is 6.79 Å². The third-order valence-electron chi connectivity index (χ3n) is 3.79. The highest BCUT2D eigenvalue weighted by Gasteiger charge is 2.17. The van der Waals surface area contributed by atoms with Gasteiger partial charge >= 0.3 is 0 Å². The Morgan fingerprint density at radius 1 is 1.05 bits per heavy atom. The molecular weight excluding hydrogens is 272 g/mol. The zero-order valence-electron chi connectivity index (χ0n) is 11.2. The number of piperidine rings is 1. The fourth-order valence-corrected chi connectivity index (χ4v) is 3.57. The van der Waals surface area contributed by atoms with E-state index in [-0.39, 0.29) is 0 Å². The molecular formula is C15H16N2O2S. The van der Waals surface area contributed by atoms with E-state index in [1.165, 1.54) is 19.3 Å². The molecule has 104 valence electrons. The summed E-state index contributed by atoms with van der Waals surface area (Å²) in [5.74, 6) is 1.63. The molecule has 0 unspecified atom stereocenters. The van der Waals surface area contributed by atoms with Crippen molar-refractivity contribution in [2.75, 3.05) is 24.8 Å². The van der Waals surface area contributed by atoms with Crippen LogP contribution in [0, 0.1) is 0 Å². The van der Waals surface area contributed by atoms with Crippen molar-refractivity contribution in [2.45, 2.75) is 19.3 Å². The van der Waals surface area contributed by atoms with Gasteiger partial charge in [-0.05, 0) is 37.5 Å². The van der Waals surface area contributed by atoms with Crippen LogP contribution in [0.5, 0.6) is 11.5 Å². The second kappa shape index (κ2) is 4.98. The van der Waals surface area contributed by atoms with Crippen molar-refractivity contribution in [2.24, 2.45) is 0 Å². The molecule has 0 saturated carbocycles. The predicted molar refractivity (Wildman–Crippen MR) is 79.7 cm³/mol. The van der Waals surface area contributed by atoms with Gasteiger partial charge in [-0.1, -0.05) is 0 Å². The van der Waals surface area contributed by atoms with E-state index in [2.05, 4.69) is 10.3 Å². The number of rotatable bonds is 2. The smallest absolute Gasteiger partial charge is 0.231 e. The fraction of sp³-hybridized carbons (Fsp3) is 0.400. The van der Waals surface area contributed by atoms with Gasteiger partial charge in [-0.15, -0.1) is 11.3 Å². The number of nitrogens with zero attached hydrogens (tertiary/aromatic N) is 2. The number of anilines is 1. The molecule has 1 aromatic heterocycles. The Labute approximate surface area is 122 Å². The molecule has 1 aromatic carbocycles. The molecule has 2 aliphatic rings. The van der Waals surface area contributed by atoms with Crippen molar-refractivity contribution in [3.8, 4) is 22.8 Å². The van der Waals surface area contributed by atoms with Gasteiger partial charge in [-0.3, -0.25) is 0 Å². The number of aromatic nitrogens is 1. The number of hydrogen-bond donors (Lipinski definition) is 0. The molecule has 0 amide bonds. The van der Waals surface area contributed by atoms with Gasteiger partial charge in [0.15, 0.2) is 16.6 Å². The Bertz CT molecular complexity index is 620. The molecule has 0 N–H and O–H groups in total. The summed E-state index contributed by atoms with van der Waals surface area (Å²) >= 11 is 1.73. The van der Waals surface area contributed by atoms with E-state index in [1.807, 2.05) is 18.2 Å². The van der Waals surface area contributed by atoms with Crippen LogP contribution in [0.2, 0.25) is 0 Å². The summed E-state index contributed by atoms with van der Waals surface area (Å²) < 4.78 is 10.8. The first-order valence-electron chi connectivity index (χ1n) is 7.01. The summed E-state index contributed by atoms with van der Waals surface area (Å²) in [6.45, 7) is 2.58. The summed E-state index contributed by atoms with van der Waals surface area (Å²) in [6, 6.07) is 6.01. The highest BCUT2D eigenvalue weighted by molar-refractivity contribution is 7.14. The lowest BCUT2D eigenvalue weighted by molar-refractivity contribution is 0.174. The van der Waals surface area contributed by atoms with E-state index < -0.39 is 0 Å². The van der Waals surface area contributed by atoms with Crippen molar-refractivity contribution in [1.82, 2.24) is 4.98 Å². The van der Waals surface area contributed by atoms with Crippen molar-refractivity contribution >= 4 is 16.5 Å². The third kappa shape index (κ3) is 2.12. The molecule has 0 atom stereocenters. The lowest BCUT2D eigenvalue weighted by Crippen LogP contribution is -2.29. The highest BCUT2D eigenvalue weighted by Crippen LogP contribution is 2.37. The Kier molecular flexibility index (Phi) is 2.99. The largest absolute Gasteiger partial charge is 0.454 e. The number of benzene rings is 1. The summed E-state index contributed by atoms with van der Waals surface area (Å²) in [7, 11) is 0. The Morgan fingerprint density at radius 2 is 1.90 bits per heavy atom. The number of ether oxygens (including phenoxy) is 2. The number of thiazole rings is 1. The molecule has 2 aliphatic heterocycles. The first-order valence-corrected chi connectivity index (χ1v) is 7.89. The summed E-state index contributed by atoms with van der Waals surface area (Å²) in [4.78, 5) is 7.17. The maximum absolute atomic E-state index is 5.43. The van der Waals surface area contributed by atoms with E-state index in [4.69, 9.17) is 14.5 Å². The maximum Gasteiger partial charge on any atom is 0.231 e. The minimum absolute atomic E-state index is 0.314. The van der Waals surface area contributed by atoms with Gasteiger partial charge in [-0.25, -0.2) is 4.98 Å². The first kappa shape index (κ1) is 12.0. The van der Waals surface area contributed by atoms with E-state index >= 15 is 0 Å². The maximum atomic E-state index is 5.43. The standard InChI is InChI=1S/C15H16N2O2S/c1-2-6-17(7-3-1)15-16-12(9-20-15)11-4-5-13-14(8-11)19-10-18-13/h4-5,8-9H,1-3,6-7,10H2. The van der Waals surface area contributed by atoms with Gasteiger partial charge in [-0.2, -0.15) is 0 Å². The monoisotopic (exact) mass is 288 g/mol. The van der Waals surface area contributed by atoms with Crippen LogP contribution in [-0.4, -0.2) is 24.9 Å². The predicted octanol–water partition coefficient (Wildman–Crippen LogP) is 3.53. The number of fused-ring (bicyclic) bond motifs is 1. The normalized spacial score (nSPS) is 17.5. The zero-order chi connectivity index (χ0) is 13.4. The molecule has 1 saturated heterocycles. The fourth-order valence-electron chi connectivity index (χ4n) is 2.68. The van der Waals surface area contributed by atoms with Gasteiger partial charge in [0.25, 0.3) is 0 Å². The van der Waals surface area contributed by atoms with E-state index in [9.17, 15) is 0 Å². The van der Waals surface area contributed by atoms with Gasteiger partial charge in [0, 0.05) is 24.0 Å². The lowest BCUT2D eigenvalue weighted by atomic mass is 10.1. The van der Waals surface area contributed by atoms with Gasteiger partial charge in [0.05, 0.1) is 5.69 Å². The van der Waals surface area contributed by atoms with E-state index in [1.54, 1.807) is 11.3 Å². The topological polar surface area (TPSA) is 34.6 Å². The van der Waals surface area contributed by atoms with E-state index in [0.717, 1.165) is 41.0 Å². The Balaban J connectivity index is 1.61. The zero-order valence-corrected chi connectivity index (χ0v) is 12.0. The third-order valence-corrected chi connectivity index (χ3v) is 4.69. The summed E-state index contributed by atoms with van der Waals surface area (Å²) in [5.41, 5.74) is 2.11. The molecule has 3 heterocycles. The lowest BCUT2D eigenvalue weighted by Gasteiger charge is -2.25. The van der Waals surface area contributed by atoms with Crippen LogP contribution in [0.4, 0.5) is 5.13 Å². The first-order chi connectivity index (χ1) is 9.90. The molecule has 0 bridgehead atoms. The van der Waals surface area contributed by atoms with Crippen molar-refractivity contribution in [3.05, 3.63) is 23.6 Å². The average molecular weight is 288 g/mol. The van der Waals surface area contributed by atoms with Crippen LogP contribution >= 0.6 is 11.3 Å². The van der Waals surface area contributed by atoms with Crippen LogP contribution in [0.3, 0.4) is 0 Å². The second-order valence-corrected chi connectivity index (χ2v) is 5.97. The quantitative estimate of drug-likeness (QED) is 0.846. The molecule has 1 fully saturated rings. The summed E-state index contributed by atoms with van der Waals surface area (Å²) in [6.07, 6.45) is 3.90. The minimum Gasteiger partial charge on any atom is -0.454 e. The van der Waals surface area contributed by atoms with Crippen LogP contribution in [-0.2, 0) is 0 Å². The molecule has 5 heteroatoms. The number of hydrogen-bond acceptors (Lipinski definition) is 5. The SMILES string of the molecule is c1cc2c(cc1-c1csc(N3CCCCC3)n1)OCO2. The van der Waals surface area contributed by atoms with Crippen LogP contribution in [0.1, 0.15) is 19.3 Å². The van der Waals surface area contributed by atoms with Crippen molar-refractivity contribution in [3.63, 3.8) is 0 Å². The van der Waals surface area contributed by atoms with Crippen LogP contribution in [0.25, 0.3) is 11.3 Å². The molecule has 0 aliphatic carbocycles. The molecule has 0 radical (unpaired) electrons. The van der Waals surface area contributed by atoms with E-state index in [0.29, 0.717) is 6.79 Å². The van der Waals surface area contributed by atoms with Gasteiger partial charge < -0.3 is 14.4 Å². The van der Waals surface area contributed by atoms with Crippen LogP contribution < -0.4 is 14.4 Å². The van der Waals surface area contributed by atoms with Gasteiger partial charge in [0.1, 0.15) is 0 Å². The molecule has 20 heavy (non-hydrogen) atoms. The summed E-state index contributed by atoms with van der Waals surface area (Å²) in [5, 5.41) is 3.26. The van der Waals surface area contributed by atoms with Crippen molar-refractivity contribution in [1.29, 1.82) is 0 Å². The Hall–Kier alpha value is -1.75. The molecule has 0 spiro atoms. The minimum atomic E-state index is 0.314. The van der Waals surface area contributed by atoms with Crippen molar-refractivity contribution < 1.29 is 9.47 Å². The van der Waals surface area contributed by atoms with Crippen LogP contribution in [0.15, 0.2) is 23.6 Å². The Morgan fingerprint density at radius 3 is 2.80 bits per heavy atom.